The number of phenolic OH excluding ortho intramolecular Hbond substituents is 1. The molecule has 94 valence electrons. The molecule has 1 aromatic carbocycles. The predicted octanol–water partition coefficient (Wildman–Crippen LogP) is 3.23. The van der Waals surface area contributed by atoms with E-state index >= 15 is 0 Å². The summed E-state index contributed by atoms with van der Waals surface area (Å²) in [6.45, 7) is 1.47. The second-order valence-corrected chi connectivity index (χ2v) is 5.53. The number of benzene rings is 1. The van der Waals surface area contributed by atoms with Crippen LogP contribution < -0.4 is 5.73 Å². The highest BCUT2D eigenvalue weighted by Crippen LogP contribution is 2.40. The molecule has 1 saturated heterocycles. The van der Waals surface area contributed by atoms with E-state index < -0.39 is 0 Å². The lowest BCUT2D eigenvalue weighted by molar-refractivity contribution is 0.0580. The van der Waals surface area contributed by atoms with Crippen molar-refractivity contribution in [1.29, 1.82) is 0 Å². The average Bonchev–Trinajstić information content (AvgIpc) is 2.35. The monoisotopic (exact) mass is 319 g/mol. The zero-order valence-electron chi connectivity index (χ0n) is 9.33. The van der Waals surface area contributed by atoms with Crippen LogP contribution in [0, 0.1) is 5.92 Å². The fraction of sp³-hybridized carbons (Fsp3) is 0.500. The van der Waals surface area contributed by atoms with Gasteiger partial charge in [-0.15, -0.1) is 0 Å². The van der Waals surface area contributed by atoms with Crippen LogP contribution in [0.15, 0.2) is 16.6 Å². The summed E-state index contributed by atoms with van der Waals surface area (Å²) >= 11 is 9.34. The molecule has 2 rings (SSSR count). The first-order valence-electron chi connectivity index (χ1n) is 5.61. The summed E-state index contributed by atoms with van der Waals surface area (Å²) in [6.07, 6.45) is 1.83. The molecule has 1 aromatic rings. The number of ether oxygens (including phenoxy) is 1. The van der Waals surface area contributed by atoms with Crippen molar-refractivity contribution in [2.75, 3.05) is 13.2 Å². The van der Waals surface area contributed by atoms with Gasteiger partial charge in [0.1, 0.15) is 5.75 Å². The molecule has 1 heterocycles. The van der Waals surface area contributed by atoms with E-state index in [2.05, 4.69) is 15.9 Å². The SMILES string of the molecule is N[C@H](c1c(Br)ccc(Cl)c1O)C1CCOCC1. The fourth-order valence-electron chi connectivity index (χ4n) is 2.18. The van der Waals surface area contributed by atoms with Crippen LogP contribution in [0.5, 0.6) is 5.75 Å². The molecule has 1 aliphatic heterocycles. The Labute approximate surface area is 114 Å². The smallest absolute Gasteiger partial charge is 0.140 e. The lowest BCUT2D eigenvalue weighted by Gasteiger charge is -2.29. The minimum atomic E-state index is -0.216. The van der Waals surface area contributed by atoms with Gasteiger partial charge >= 0.3 is 0 Å². The van der Waals surface area contributed by atoms with Crippen LogP contribution in [-0.4, -0.2) is 18.3 Å². The number of hydrogen-bond donors (Lipinski definition) is 2. The molecule has 3 N–H and O–H groups in total. The summed E-state index contributed by atoms with van der Waals surface area (Å²) in [5.74, 6) is 0.407. The van der Waals surface area contributed by atoms with Crippen LogP contribution >= 0.6 is 27.5 Å². The molecule has 1 atom stereocenters. The van der Waals surface area contributed by atoms with Gasteiger partial charge in [-0.2, -0.15) is 0 Å². The zero-order valence-corrected chi connectivity index (χ0v) is 11.7. The highest BCUT2D eigenvalue weighted by atomic mass is 79.9. The molecule has 0 bridgehead atoms. The van der Waals surface area contributed by atoms with Gasteiger partial charge in [-0.3, -0.25) is 0 Å². The molecule has 0 saturated carbocycles. The van der Waals surface area contributed by atoms with Gasteiger partial charge in [0, 0.05) is 29.3 Å². The van der Waals surface area contributed by atoms with Crippen LogP contribution in [0.1, 0.15) is 24.4 Å². The van der Waals surface area contributed by atoms with Crippen molar-refractivity contribution >= 4 is 27.5 Å². The fourth-order valence-corrected chi connectivity index (χ4v) is 2.93. The number of rotatable bonds is 2. The van der Waals surface area contributed by atoms with Crippen LogP contribution in [0.3, 0.4) is 0 Å². The maximum absolute atomic E-state index is 10.0. The molecule has 3 nitrogen and oxygen atoms in total. The van der Waals surface area contributed by atoms with Crippen molar-refractivity contribution in [3.63, 3.8) is 0 Å². The predicted molar refractivity (Wildman–Crippen MR) is 71.3 cm³/mol. The first-order chi connectivity index (χ1) is 8.11. The van der Waals surface area contributed by atoms with Crippen molar-refractivity contribution in [3.05, 3.63) is 27.2 Å². The Hall–Kier alpha value is -0.290. The van der Waals surface area contributed by atoms with Crippen molar-refractivity contribution in [3.8, 4) is 5.75 Å². The van der Waals surface area contributed by atoms with Gasteiger partial charge in [0.05, 0.1) is 5.02 Å². The van der Waals surface area contributed by atoms with Gasteiger partial charge in [0.25, 0.3) is 0 Å². The Balaban J connectivity index is 2.29. The standard InChI is InChI=1S/C12H15BrClNO2/c13-8-1-2-9(14)12(16)10(8)11(15)7-3-5-17-6-4-7/h1-2,7,11,16H,3-6,15H2/t11-/m0/s1. The van der Waals surface area contributed by atoms with Gasteiger partial charge < -0.3 is 15.6 Å². The normalized spacial score (nSPS) is 19.2. The van der Waals surface area contributed by atoms with Crippen LogP contribution in [0.2, 0.25) is 5.02 Å². The molecule has 0 spiro atoms. The molecule has 0 radical (unpaired) electrons. The van der Waals surface area contributed by atoms with Crippen molar-refractivity contribution in [2.24, 2.45) is 11.7 Å². The van der Waals surface area contributed by atoms with E-state index in [1.807, 2.05) is 6.07 Å². The first-order valence-corrected chi connectivity index (χ1v) is 6.78. The first kappa shape index (κ1) is 13.1. The number of aromatic hydroxyl groups is 1. The second kappa shape index (κ2) is 5.57. The molecule has 17 heavy (non-hydrogen) atoms. The summed E-state index contributed by atoms with van der Waals surface area (Å²) in [5, 5.41) is 10.3. The Bertz CT molecular complexity index is 408. The van der Waals surface area contributed by atoms with Gasteiger partial charge in [0.15, 0.2) is 0 Å². The maximum atomic E-state index is 10.0. The number of hydrogen-bond acceptors (Lipinski definition) is 3. The van der Waals surface area contributed by atoms with Gasteiger partial charge in [0.2, 0.25) is 0 Å². The maximum Gasteiger partial charge on any atom is 0.140 e. The second-order valence-electron chi connectivity index (χ2n) is 4.27. The Kier molecular flexibility index (Phi) is 4.31. The van der Waals surface area contributed by atoms with Gasteiger partial charge in [-0.05, 0) is 30.9 Å². The summed E-state index contributed by atoms with van der Waals surface area (Å²) in [6, 6.07) is 3.25. The van der Waals surface area contributed by atoms with Crippen molar-refractivity contribution in [2.45, 2.75) is 18.9 Å². The third-order valence-corrected chi connectivity index (χ3v) is 4.22. The number of phenols is 1. The zero-order chi connectivity index (χ0) is 12.4. The van der Waals surface area contributed by atoms with Crippen molar-refractivity contribution in [1.82, 2.24) is 0 Å². The van der Waals surface area contributed by atoms with Crippen LogP contribution in [0.4, 0.5) is 0 Å². The van der Waals surface area contributed by atoms with Gasteiger partial charge in [-0.1, -0.05) is 27.5 Å². The number of halogens is 2. The highest BCUT2D eigenvalue weighted by molar-refractivity contribution is 9.10. The van der Waals surface area contributed by atoms with E-state index in [-0.39, 0.29) is 11.8 Å². The topological polar surface area (TPSA) is 55.5 Å². The summed E-state index contributed by atoms with van der Waals surface area (Å²) < 4.78 is 6.12. The lowest BCUT2D eigenvalue weighted by atomic mass is 9.87. The van der Waals surface area contributed by atoms with Crippen LogP contribution in [-0.2, 0) is 4.74 Å². The molecule has 1 fully saturated rings. The highest BCUT2D eigenvalue weighted by Gasteiger charge is 2.26. The molecule has 1 aliphatic rings. The molecule has 0 amide bonds. The molecular formula is C12H15BrClNO2. The largest absolute Gasteiger partial charge is 0.506 e. The minimum absolute atomic E-state index is 0.0834. The molecule has 5 heteroatoms. The lowest BCUT2D eigenvalue weighted by Crippen LogP contribution is -2.27. The van der Waals surface area contributed by atoms with E-state index in [9.17, 15) is 5.11 Å². The quantitative estimate of drug-likeness (QED) is 0.879. The van der Waals surface area contributed by atoms with Gasteiger partial charge in [-0.25, -0.2) is 0 Å². The third-order valence-electron chi connectivity index (χ3n) is 3.22. The molecule has 0 unspecified atom stereocenters. The number of nitrogens with two attached hydrogens (primary N) is 1. The molecule has 0 aromatic heterocycles. The molecular weight excluding hydrogens is 305 g/mol. The Morgan fingerprint density at radius 3 is 2.71 bits per heavy atom. The van der Waals surface area contributed by atoms with E-state index in [1.165, 1.54) is 0 Å². The van der Waals surface area contributed by atoms with Crippen molar-refractivity contribution < 1.29 is 9.84 Å². The molecule has 0 aliphatic carbocycles. The summed E-state index contributed by atoms with van der Waals surface area (Å²) in [4.78, 5) is 0. The summed E-state index contributed by atoms with van der Waals surface area (Å²) in [5.41, 5.74) is 6.93. The van der Waals surface area contributed by atoms with E-state index in [0.717, 1.165) is 30.5 Å². The van der Waals surface area contributed by atoms with E-state index in [4.69, 9.17) is 22.1 Å². The van der Waals surface area contributed by atoms with E-state index in [1.54, 1.807) is 6.07 Å². The van der Waals surface area contributed by atoms with Crippen LogP contribution in [0.25, 0.3) is 0 Å². The summed E-state index contributed by atoms with van der Waals surface area (Å²) in [7, 11) is 0. The van der Waals surface area contributed by atoms with E-state index in [0.29, 0.717) is 16.5 Å². The average molecular weight is 321 g/mol. The third kappa shape index (κ3) is 2.76. The minimum Gasteiger partial charge on any atom is -0.506 e. The Morgan fingerprint density at radius 1 is 1.41 bits per heavy atom. The Morgan fingerprint density at radius 2 is 2.06 bits per heavy atom.